The fourth-order valence-corrected chi connectivity index (χ4v) is 3.92. The van der Waals surface area contributed by atoms with Crippen molar-refractivity contribution in [1.29, 1.82) is 0 Å². The molecule has 0 bridgehead atoms. The number of nitrogens with zero attached hydrogens (tertiary/aromatic N) is 1. The van der Waals surface area contributed by atoms with Crippen LogP contribution in [-0.4, -0.2) is 42.3 Å². The van der Waals surface area contributed by atoms with E-state index in [1.807, 2.05) is 0 Å². The Hall–Kier alpha value is -0.290. The molecule has 0 aromatic carbocycles. The summed E-state index contributed by atoms with van der Waals surface area (Å²) < 4.78 is 37.2. The van der Waals surface area contributed by atoms with Crippen LogP contribution in [-0.2, 0) is 0 Å². The van der Waals surface area contributed by atoms with Gasteiger partial charge in [0.1, 0.15) is 0 Å². The molecule has 1 aliphatic carbocycles. The molecular formula is C16H29F3N2. The summed E-state index contributed by atoms with van der Waals surface area (Å²) in [7, 11) is 0. The first-order valence-corrected chi connectivity index (χ1v) is 8.41. The number of rotatable bonds is 5. The Morgan fingerprint density at radius 3 is 2.52 bits per heavy atom. The van der Waals surface area contributed by atoms with Gasteiger partial charge in [-0.15, -0.1) is 0 Å². The molecule has 1 saturated carbocycles. The van der Waals surface area contributed by atoms with Crippen LogP contribution in [0.4, 0.5) is 13.2 Å². The minimum Gasteiger partial charge on any atom is -0.311 e. The van der Waals surface area contributed by atoms with Gasteiger partial charge in [-0.05, 0) is 31.7 Å². The number of nitrogens with one attached hydrogen (secondary N) is 1. The zero-order valence-electron chi connectivity index (χ0n) is 13.3. The number of halogens is 3. The molecule has 0 aromatic heterocycles. The van der Waals surface area contributed by atoms with Crippen LogP contribution in [0, 0.1) is 5.92 Å². The highest BCUT2D eigenvalue weighted by atomic mass is 19.4. The zero-order valence-corrected chi connectivity index (χ0v) is 13.3. The first kappa shape index (κ1) is 17.1. The molecule has 1 spiro atoms. The van der Waals surface area contributed by atoms with Crippen molar-refractivity contribution in [3.05, 3.63) is 0 Å². The predicted octanol–water partition coefficient (Wildman–Crippen LogP) is 3.96. The van der Waals surface area contributed by atoms with Crippen LogP contribution in [0.1, 0.15) is 58.8 Å². The van der Waals surface area contributed by atoms with Gasteiger partial charge in [-0.1, -0.05) is 33.1 Å². The van der Waals surface area contributed by atoms with Crippen molar-refractivity contribution in [3.8, 4) is 0 Å². The molecule has 0 aromatic rings. The second-order valence-electron chi connectivity index (χ2n) is 6.97. The van der Waals surface area contributed by atoms with Crippen LogP contribution in [0.2, 0.25) is 0 Å². The van der Waals surface area contributed by atoms with Gasteiger partial charge >= 0.3 is 6.18 Å². The molecule has 2 unspecified atom stereocenters. The first-order chi connectivity index (χ1) is 9.86. The lowest BCUT2D eigenvalue weighted by Crippen LogP contribution is -2.64. The van der Waals surface area contributed by atoms with Gasteiger partial charge in [-0.2, -0.15) is 13.2 Å². The minimum absolute atomic E-state index is 0.134. The van der Waals surface area contributed by atoms with E-state index in [4.69, 9.17) is 0 Å². The molecule has 1 aliphatic heterocycles. The molecule has 0 amide bonds. The zero-order chi connectivity index (χ0) is 15.5. The Morgan fingerprint density at radius 2 is 1.95 bits per heavy atom. The van der Waals surface area contributed by atoms with Crippen molar-refractivity contribution in [1.82, 2.24) is 10.2 Å². The monoisotopic (exact) mass is 306 g/mol. The maximum atomic E-state index is 12.4. The second-order valence-corrected chi connectivity index (χ2v) is 6.97. The molecule has 124 valence electrons. The maximum Gasteiger partial charge on any atom is 0.389 e. The van der Waals surface area contributed by atoms with E-state index in [1.165, 1.54) is 12.8 Å². The summed E-state index contributed by atoms with van der Waals surface area (Å²) in [5.41, 5.74) is 0.134. The van der Waals surface area contributed by atoms with Crippen LogP contribution in [0.5, 0.6) is 0 Å². The van der Waals surface area contributed by atoms with Gasteiger partial charge in [0.2, 0.25) is 0 Å². The van der Waals surface area contributed by atoms with Crippen LogP contribution in [0.25, 0.3) is 0 Å². The average Bonchev–Trinajstić information content (AvgIpc) is 2.88. The first-order valence-electron chi connectivity index (χ1n) is 8.41. The van der Waals surface area contributed by atoms with Gasteiger partial charge in [0.25, 0.3) is 0 Å². The fraction of sp³-hybridized carbons (Fsp3) is 1.00. The van der Waals surface area contributed by atoms with Crippen molar-refractivity contribution < 1.29 is 13.2 Å². The van der Waals surface area contributed by atoms with E-state index in [9.17, 15) is 13.2 Å². The summed E-state index contributed by atoms with van der Waals surface area (Å²) in [6, 6.07) is 0.423. The Morgan fingerprint density at radius 1 is 1.29 bits per heavy atom. The standard InChI is InChI=1S/C16H29F3N2/c1-3-13(2)14-11-21(10-6-9-16(17,18)19)15(12-20-14)7-4-5-8-15/h13-14,20H,3-12H2,1-2H3. The van der Waals surface area contributed by atoms with E-state index in [2.05, 4.69) is 24.1 Å². The molecule has 2 atom stereocenters. The summed E-state index contributed by atoms with van der Waals surface area (Å²) in [6.45, 7) is 6.87. The average molecular weight is 306 g/mol. The Balaban J connectivity index is 1.96. The van der Waals surface area contributed by atoms with E-state index >= 15 is 0 Å². The molecule has 2 aliphatic rings. The molecule has 1 saturated heterocycles. The molecule has 0 radical (unpaired) electrons. The van der Waals surface area contributed by atoms with Gasteiger partial charge in [-0.25, -0.2) is 0 Å². The van der Waals surface area contributed by atoms with Crippen molar-refractivity contribution in [2.24, 2.45) is 5.92 Å². The van der Waals surface area contributed by atoms with Gasteiger partial charge in [0, 0.05) is 31.1 Å². The molecule has 1 N–H and O–H groups in total. The van der Waals surface area contributed by atoms with Crippen LogP contribution >= 0.6 is 0 Å². The second kappa shape index (κ2) is 6.86. The van der Waals surface area contributed by atoms with E-state index in [-0.39, 0.29) is 12.0 Å². The van der Waals surface area contributed by atoms with Crippen molar-refractivity contribution in [2.75, 3.05) is 19.6 Å². The van der Waals surface area contributed by atoms with Crippen molar-refractivity contribution >= 4 is 0 Å². The fourth-order valence-electron chi connectivity index (χ4n) is 3.92. The lowest BCUT2D eigenvalue weighted by Gasteiger charge is -2.49. The van der Waals surface area contributed by atoms with E-state index in [0.717, 1.165) is 32.4 Å². The van der Waals surface area contributed by atoms with E-state index in [1.54, 1.807) is 0 Å². The number of piperazine rings is 1. The lowest BCUT2D eigenvalue weighted by molar-refractivity contribution is -0.137. The van der Waals surface area contributed by atoms with Gasteiger partial charge in [0.15, 0.2) is 0 Å². The minimum atomic E-state index is -4.02. The molecule has 2 rings (SSSR count). The molecule has 2 fully saturated rings. The summed E-state index contributed by atoms with van der Waals surface area (Å²) in [5.74, 6) is 0.578. The van der Waals surface area contributed by atoms with Crippen LogP contribution < -0.4 is 5.32 Å². The summed E-state index contributed by atoms with van der Waals surface area (Å²) in [4.78, 5) is 2.39. The third-order valence-corrected chi connectivity index (χ3v) is 5.53. The molecule has 1 heterocycles. The smallest absolute Gasteiger partial charge is 0.311 e. The summed E-state index contributed by atoms with van der Waals surface area (Å²) >= 11 is 0. The normalized spacial score (nSPS) is 28.1. The third kappa shape index (κ3) is 4.35. The largest absolute Gasteiger partial charge is 0.389 e. The molecule has 21 heavy (non-hydrogen) atoms. The third-order valence-electron chi connectivity index (χ3n) is 5.53. The summed E-state index contributed by atoms with van der Waals surface area (Å²) in [6.07, 6.45) is 1.38. The Bertz CT molecular complexity index is 324. The van der Waals surface area contributed by atoms with Gasteiger partial charge in [-0.3, -0.25) is 4.90 Å². The predicted molar refractivity (Wildman–Crippen MR) is 79.3 cm³/mol. The highest BCUT2D eigenvalue weighted by Gasteiger charge is 2.44. The summed E-state index contributed by atoms with van der Waals surface area (Å²) in [5, 5.41) is 3.68. The molecular weight excluding hydrogens is 277 g/mol. The lowest BCUT2D eigenvalue weighted by atomic mass is 9.87. The van der Waals surface area contributed by atoms with Crippen LogP contribution in [0.3, 0.4) is 0 Å². The van der Waals surface area contributed by atoms with E-state index in [0.29, 0.717) is 18.5 Å². The molecule has 5 heteroatoms. The SMILES string of the molecule is CCC(C)C1CN(CCCC(F)(F)F)C2(CCCC2)CN1. The number of alkyl halides is 3. The van der Waals surface area contributed by atoms with Crippen molar-refractivity contribution in [3.63, 3.8) is 0 Å². The topological polar surface area (TPSA) is 15.3 Å². The highest BCUT2D eigenvalue weighted by Crippen LogP contribution is 2.38. The van der Waals surface area contributed by atoms with E-state index < -0.39 is 12.6 Å². The number of hydrogen-bond donors (Lipinski definition) is 1. The van der Waals surface area contributed by atoms with Gasteiger partial charge < -0.3 is 5.32 Å². The maximum absolute atomic E-state index is 12.4. The van der Waals surface area contributed by atoms with Crippen molar-refractivity contribution in [2.45, 2.75) is 76.6 Å². The highest BCUT2D eigenvalue weighted by molar-refractivity contribution is 5.02. The van der Waals surface area contributed by atoms with Crippen LogP contribution in [0.15, 0.2) is 0 Å². The molecule has 2 nitrogen and oxygen atoms in total. The Kier molecular flexibility index (Phi) is 5.58. The quantitative estimate of drug-likeness (QED) is 0.827. The van der Waals surface area contributed by atoms with Gasteiger partial charge in [0.05, 0.1) is 0 Å². The number of hydrogen-bond acceptors (Lipinski definition) is 2. The Labute approximate surface area is 126 Å².